The van der Waals surface area contributed by atoms with Gasteiger partial charge in [0, 0.05) is 24.7 Å². The summed E-state index contributed by atoms with van der Waals surface area (Å²) in [5.74, 6) is 5.37. The monoisotopic (exact) mass is 231 g/mol. The Hall–Kier alpha value is -1.79. The molecule has 1 N–H and O–H groups in total. The van der Waals surface area contributed by atoms with E-state index in [0.717, 1.165) is 11.1 Å². The van der Waals surface area contributed by atoms with Crippen molar-refractivity contribution in [1.29, 1.82) is 0 Å². The first-order chi connectivity index (χ1) is 8.10. The molecule has 3 heteroatoms. The summed E-state index contributed by atoms with van der Waals surface area (Å²) >= 11 is 0. The molecule has 0 aliphatic carbocycles. The standard InChI is InChI=1S/C14H17NO2/c1-4-15(3)14(17)13-10-12(6-5-9-16)8-7-11(13)2/h7-8,10,16H,4,9H2,1-3H3. The first-order valence-electron chi connectivity index (χ1n) is 5.56. The molecule has 0 saturated carbocycles. The normalized spacial score (nSPS) is 9.41. The molecule has 0 spiro atoms. The topological polar surface area (TPSA) is 40.5 Å². The quantitative estimate of drug-likeness (QED) is 0.782. The number of hydrogen-bond donors (Lipinski definition) is 1. The molecule has 0 aliphatic heterocycles. The number of amides is 1. The molecule has 17 heavy (non-hydrogen) atoms. The minimum absolute atomic E-state index is 0.00218. The molecule has 1 aromatic carbocycles. The Labute approximate surface area is 102 Å². The zero-order chi connectivity index (χ0) is 12.8. The lowest BCUT2D eigenvalue weighted by Crippen LogP contribution is -2.26. The van der Waals surface area contributed by atoms with E-state index in [-0.39, 0.29) is 12.5 Å². The van der Waals surface area contributed by atoms with Crippen LogP contribution in [0.3, 0.4) is 0 Å². The van der Waals surface area contributed by atoms with Crippen LogP contribution in [0, 0.1) is 18.8 Å². The maximum atomic E-state index is 12.1. The number of carbonyl (C=O) groups is 1. The summed E-state index contributed by atoms with van der Waals surface area (Å²) in [7, 11) is 1.77. The summed E-state index contributed by atoms with van der Waals surface area (Å²) in [4.78, 5) is 13.7. The third-order valence-electron chi connectivity index (χ3n) is 2.60. The molecule has 1 amide bonds. The lowest BCUT2D eigenvalue weighted by atomic mass is 10.0. The second kappa shape index (κ2) is 6.07. The Morgan fingerprint density at radius 2 is 2.18 bits per heavy atom. The van der Waals surface area contributed by atoms with Crippen LogP contribution in [0.1, 0.15) is 28.4 Å². The molecule has 1 aromatic rings. The van der Waals surface area contributed by atoms with Crippen molar-refractivity contribution < 1.29 is 9.90 Å². The van der Waals surface area contributed by atoms with Gasteiger partial charge in [-0.05, 0) is 31.5 Å². The Kier molecular flexibility index (Phi) is 4.74. The largest absolute Gasteiger partial charge is 0.384 e. The van der Waals surface area contributed by atoms with Crippen LogP contribution in [-0.4, -0.2) is 36.1 Å². The minimum atomic E-state index is -0.175. The van der Waals surface area contributed by atoms with E-state index in [9.17, 15) is 4.79 Å². The van der Waals surface area contributed by atoms with E-state index >= 15 is 0 Å². The van der Waals surface area contributed by atoms with Crippen molar-refractivity contribution in [3.8, 4) is 11.8 Å². The Morgan fingerprint density at radius 3 is 2.76 bits per heavy atom. The van der Waals surface area contributed by atoms with Crippen LogP contribution in [-0.2, 0) is 0 Å². The van der Waals surface area contributed by atoms with Gasteiger partial charge >= 0.3 is 0 Å². The summed E-state index contributed by atoms with van der Waals surface area (Å²) in [6.45, 7) is 4.33. The van der Waals surface area contributed by atoms with E-state index in [1.54, 1.807) is 18.0 Å². The number of hydrogen-bond acceptors (Lipinski definition) is 2. The van der Waals surface area contributed by atoms with Crippen LogP contribution in [0.4, 0.5) is 0 Å². The smallest absolute Gasteiger partial charge is 0.253 e. The zero-order valence-corrected chi connectivity index (χ0v) is 10.4. The van der Waals surface area contributed by atoms with Crippen LogP contribution in [0.25, 0.3) is 0 Å². The van der Waals surface area contributed by atoms with Crippen LogP contribution in [0.2, 0.25) is 0 Å². The van der Waals surface area contributed by atoms with Gasteiger partial charge in [0.25, 0.3) is 5.91 Å². The summed E-state index contributed by atoms with van der Waals surface area (Å²) in [6.07, 6.45) is 0. The highest BCUT2D eigenvalue weighted by atomic mass is 16.2. The molecule has 0 bridgehead atoms. The summed E-state index contributed by atoms with van der Waals surface area (Å²) in [5, 5.41) is 8.64. The highest BCUT2D eigenvalue weighted by Gasteiger charge is 2.12. The van der Waals surface area contributed by atoms with Crippen molar-refractivity contribution in [2.45, 2.75) is 13.8 Å². The molecule has 90 valence electrons. The van der Waals surface area contributed by atoms with E-state index in [4.69, 9.17) is 5.11 Å². The average molecular weight is 231 g/mol. The van der Waals surface area contributed by atoms with Crippen LogP contribution in [0.5, 0.6) is 0 Å². The number of aryl methyl sites for hydroxylation is 1. The third-order valence-corrected chi connectivity index (χ3v) is 2.60. The third kappa shape index (κ3) is 3.33. The molecule has 0 atom stereocenters. The molecule has 0 unspecified atom stereocenters. The van der Waals surface area contributed by atoms with Gasteiger partial charge in [-0.1, -0.05) is 17.9 Å². The number of aliphatic hydroxyl groups excluding tert-OH is 1. The van der Waals surface area contributed by atoms with Gasteiger partial charge < -0.3 is 10.0 Å². The van der Waals surface area contributed by atoms with Gasteiger partial charge in [-0.3, -0.25) is 4.79 Å². The Bertz CT molecular complexity index is 469. The molecule has 0 fully saturated rings. The van der Waals surface area contributed by atoms with Crippen molar-refractivity contribution in [2.75, 3.05) is 20.2 Å². The first-order valence-corrected chi connectivity index (χ1v) is 5.56. The van der Waals surface area contributed by atoms with Gasteiger partial charge in [0.05, 0.1) is 0 Å². The fraction of sp³-hybridized carbons (Fsp3) is 0.357. The van der Waals surface area contributed by atoms with E-state index in [0.29, 0.717) is 12.1 Å². The molecular formula is C14H17NO2. The number of carbonyl (C=O) groups excluding carboxylic acids is 1. The van der Waals surface area contributed by atoms with Crippen molar-refractivity contribution in [1.82, 2.24) is 4.90 Å². The van der Waals surface area contributed by atoms with Crippen molar-refractivity contribution in [3.05, 3.63) is 34.9 Å². The zero-order valence-electron chi connectivity index (χ0n) is 10.4. The predicted molar refractivity (Wildman–Crippen MR) is 67.8 cm³/mol. The highest BCUT2D eigenvalue weighted by Crippen LogP contribution is 2.12. The first kappa shape index (κ1) is 13.3. The lowest BCUT2D eigenvalue weighted by molar-refractivity contribution is 0.0801. The minimum Gasteiger partial charge on any atom is -0.384 e. The number of nitrogens with zero attached hydrogens (tertiary/aromatic N) is 1. The molecule has 0 radical (unpaired) electrons. The second-order valence-electron chi connectivity index (χ2n) is 3.81. The van der Waals surface area contributed by atoms with Crippen LogP contribution in [0.15, 0.2) is 18.2 Å². The van der Waals surface area contributed by atoms with Gasteiger partial charge in [0.15, 0.2) is 0 Å². The molecular weight excluding hydrogens is 214 g/mol. The summed E-state index contributed by atoms with van der Waals surface area (Å²) in [5.41, 5.74) is 2.35. The Morgan fingerprint density at radius 1 is 1.47 bits per heavy atom. The van der Waals surface area contributed by atoms with Crippen molar-refractivity contribution in [3.63, 3.8) is 0 Å². The van der Waals surface area contributed by atoms with E-state index in [1.807, 2.05) is 26.0 Å². The average Bonchev–Trinajstić information content (AvgIpc) is 2.36. The van der Waals surface area contributed by atoms with E-state index in [2.05, 4.69) is 11.8 Å². The Balaban J connectivity index is 3.10. The highest BCUT2D eigenvalue weighted by molar-refractivity contribution is 5.95. The van der Waals surface area contributed by atoms with Gasteiger partial charge in [0.2, 0.25) is 0 Å². The van der Waals surface area contributed by atoms with E-state index < -0.39 is 0 Å². The van der Waals surface area contributed by atoms with E-state index in [1.165, 1.54) is 0 Å². The van der Waals surface area contributed by atoms with Gasteiger partial charge in [-0.15, -0.1) is 0 Å². The van der Waals surface area contributed by atoms with Gasteiger partial charge in [0.1, 0.15) is 6.61 Å². The molecule has 1 rings (SSSR count). The summed E-state index contributed by atoms with van der Waals surface area (Å²) in [6, 6.07) is 5.49. The fourth-order valence-electron chi connectivity index (χ4n) is 1.42. The van der Waals surface area contributed by atoms with Crippen molar-refractivity contribution in [2.24, 2.45) is 0 Å². The van der Waals surface area contributed by atoms with Gasteiger partial charge in [-0.25, -0.2) is 0 Å². The maximum absolute atomic E-state index is 12.1. The second-order valence-corrected chi connectivity index (χ2v) is 3.81. The van der Waals surface area contributed by atoms with Crippen LogP contribution < -0.4 is 0 Å². The van der Waals surface area contributed by atoms with Crippen molar-refractivity contribution >= 4 is 5.91 Å². The predicted octanol–water partition coefficient (Wildman–Crippen LogP) is 1.43. The molecule has 0 saturated heterocycles. The summed E-state index contributed by atoms with van der Waals surface area (Å²) < 4.78 is 0. The molecule has 0 aromatic heterocycles. The molecule has 3 nitrogen and oxygen atoms in total. The van der Waals surface area contributed by atoms with Gasteiger partial charge in [-0.2, -0.15) is 0 Å². The SMILES string of the molecule is CCN(C)C(=O)c1cc(C#CCO)ccc1C. The number of rotatable bonds is 2. The fourth-order valence-corrected chi connectivity index (χ4v) is 1.42. The number of benzene rings is 1. The number of aliphatic hydroxyl groups is 1. The lowest BCUT2D eigenvalue weighted by Gasteiger charge is -2.16. The molecule has 0 aliphatic rings. The van der Waals surface area contributed by atoms with Crippen LogP contribution >= 0.6 is 0 Å². The molecule has 0 heterocycles. The maximum Gasteiger partial charge on any atom is 0.253 e.